The molecule has 0 aliphatic rings. The summed E-state index contributed by atoms with van der Waals surface area (Å²) in [6.45, 7) is 14.0. The highest BCUT2D eigenvalue weighted by atomic mass is 32.2. The molecule has 2 rings (SSSR count). The first-order chi connectivity index (χ1) is 17.1. The van der Waals surface area contributed by atoms with Gasteiger partial charge in [-0.2, -0.15) is 0 Å². The third kappa shape index (κ3) is 8.88. The Balaban J connectivity index is 2.27. The van der Waals surface area contributed by atoms with E-state index in [1.807, 2.05) is 84.9 Å². The van der Waals surface area contributed by atoms with Crippen LogP contribution in [0.1, 0.15) is 69.2 Å². The van der Waals surface area contributed by atoms with Gasteiger partial charge in [0.05, 0.1) is 11.9 Å². The smallest absolute Gasteiger partial charge is 0.243 e. The molecule has 7 nitrogen and oxygen atoms in total. The molecule has 0 saturated carbocycles. The van der Waals surface area contributed by atoms with Crippen molar-refractivity contribution in [3.05, 3.63) is 64.7 Å². The van der Waals surface area contributed by atoms with Gasteiger partial charge in [-0.1, -0.05) is 37.3 Å². The van der Waals surface area contributed by atoms with Crippen LogP contribution in [0.5, 0.6) is 0 Å². The highest BCUT2D eigenvalue weighted by Crippen LogP contribution is 2.23. The number of carbonyl (C=O) groups is 2. The Morgan fingerprint density at radius 3 is 2.16 bits per heavy atom. The average molecular weight is 530 g/mol. The largest absolute Gasteiger partial charge is 0.350 e. The average Bonchev–Trinajstić information content (AvgIpc) is 2.77. The van der Waals surface area contributed by atoms with Gasteiger partial charge in [0.1, 0.15) is 6.04 Å². The number of hydrogen-bond acceptors (Lipinski definition) is 4. The summed E-state index contributed by atoms with van der Waals surface area (Å²) in [7, 11) is -3.53. The van der Waals surface area contributed by atoms with Crippen molar-refractivity contribution in [2.75, 3.05) is 17.1 Å². The van der Waals surface area contributed by atoms with Gasteiger partial charge in [-0.05, 0) is 88.8 Å². The van der Waals surface area contributed by atoms with Crippen LogP contribution in [-0.2, 0) is 26.2 Å². The molecule has 0 aliphatic heterocycles. The molecule has 1 atom stereocenters. The Morgan fingerprint density at radius 1 is 0.973 bits per heavy atom. The van der Waals surface area contributed by atoms with E-state index in [1.165, 1.54) is 10.6 Å². The maximum atomic E-state index is 13.6. The number of aryl methyl sites for hydroxylation is 3. The second-order valence-corrected chi connectivity index (χ2v) is 12.7. The zero-order chi connectivity index (χ0) is 28.0. The molecule has 2 amide bonds. The van der Waals surface area contributed by atoms with Gasteiger partial charge in [0.15, 0.2) is 0 Å². The molecule has 0 heterocycles. The molecule has 0 unspecified atom stereocenters. The van der Waals surface area contributed by atoms with E-state index in [-0.39, 0.29) is 24.8 Å². The second kappa shape index (κ2) is 12.6. The number of hydrogen-bond donors (Lipinski definition) is 1. The summed E-state index contributed by atoms with van der Waals surface area (Å²) in [4.78, 5) is 28.4. The first-order valence-electron chi connectivity index (χ1n) is 12.8. The maximum absolute atomic E-state index is 13.6. The number of anilines is 1. The quantitative estimate of drug-likeness (QED) is 0.449. The molecule has 37 heavy (non-hydrogen) atoms. The highest BCUT2D eigenvalue weighted by molar-refractivity contribution is 7.92. The summed E-state index contributed by atoms with van der Waals surface area (Å²) >= 11 is 0. The molecule has 8 heteroatoms. The minimum Gasteiger partial charge on any atom is -0.350 e. The van der Waals surface area contributed by atoms with Crippen LogP contribution in [0.2, 0.25) is 0 Å². The normalized spacial score (nSPS) is 12.6. The van der Waals surface area contributed by atoms with Crippen LogP contribution in [0.15, 0.2) is 42.5 Å². The Kier molecular flexibility index (Phi) is 10.3. The first kappa shape index (κ1) is 30.4. The van der Waals surface area contributed by atoms with Gasteiger partial charge in [-0.3, -0.25) is 13.9 Å². The molecule has 0 fully saturated rings. The summed E-state index contributed by atoms with van der Waals surface area (Å²) in [5, 5.41) is 3.01. The van der Waals surface area contributed by atoms with Crippen LogP contribution < -0.4 is 9.62 Å². The number of amides is 2. The molecular weight excluding hydrogens is 486 g/mol. The van der Waals surface area contributed by atoms with Crippen LogP contribution >= 0.6 is 0 Å². The lowest BCUT2D eigenvalue weighted by Gasteiger charge is -2.33. The summed E-state index contributed by atoms with van der Waals surface area (Å²) < 4.78 is 26.5. The van der Waals surface area contributed by atoms with Crippen molar-refractivity contribution in [3.63, 3.8) is 0 Å². The summed E-state index contributed by atoms with van der Waals surface area (Å²) in [6, 6.07) is 12.7. The molecule has 2 aromatic rings. The molecule has 0 saturated heterocycles. The zero-order valence-corrected chi connectivity index (χ0v) is 24.4. The van der Waals surface area contributed by atoms with E-state index in [2.05, 4.69) is 5.32 Å². The summed E-state index contributed by atoms with van der Waals surface area (Å²) in [6.07, 6.45) is 2.11. The first-order valence-corrected chi connectivity index (χ1v) is 14.7. The van der Waals surface area contributed by atoms with Crippen LogP contribution in [0.3, 0.4) is 0 Å². The Hall–Kier alpha value is -2.87. The molecule has 2 aromatic carbocycles. The fourth-order valence-electron chi connectivity index (χ4n) is 4.23. The van der Waals surface area contributed by atoms with Crippen molar-refractivity contribution >= 4 is 27.5 Å². The SMILES string of the molecule is CC[C@H](C(=O)NC(C)(C)C)N(Cc1ccccc1C)C(=O)CCCN(c1ccc(C)c(C)c1)S(C)(=O)=O. The summed E-state index contributed by atoms with van der Waals surface area (Å²) in [5.74, 6) is -0.363. The molecule has 0 spiro atoms. The van der Waals surface area contributed by atoms with E-state index in [0.717, 1.165) is 22.3 Å². The molecule has 0 aliphatic carbocycles. The molecule has 0 bridgehead atoms. The van der Waals surface area contributed by atoms with Crippen molar-refractivity contribution in [1.29, 1.82) is 0 Å². The van der Waals surface area contributed by atoms with Gasteiger partial charge in [-0.25, -0.2) is 8.42 Å². The maximum Gasteiger partial charge on any atom is 0.243 e. The lowest BCUT2D eigenvalue weighted by molar-refractivity contribution is -0.142. The van der Waals surface area contributed by atoms with Gasteiger partial charge >= 0.3 is 0 Å². The molecule has 204 valence electrons. The topological polar surface area (TPSA) is 86.8 Å². The molecule has 0 radical (unpaired) electrons. The van der Waals surface area contributed by atoms with E-state index in [4.69, 9.17) is 0 Å². The number of rotatable bonds is 11. The van der Waals surface area contributed by atoms with Gasteiger partial charge < -0.3 is 10.2 Å². The van der Waals surface area contributed by atoms with E-state index in [1.54, 1.807) is 11.0 Å². The van der Waals surface area contributed by atoms with Crippen molar-refractivity contribution in [2.24, 2.45) is 0 Å². The monoisotopic (exact) mass is 529 g/mol. The fraction of sp³-hybridized carbons (Fsp3) is 0.517. The van der Waals surface area contributed by atoms with Gasteiger partial charge in [0.25, 0.3) is 0 Å². The van der Waals surface area contributed by atoms with Crippen molar-refractivity contribution in [1.82, 2.24) is 10.2 Å². The third-order valence-electron chi connectivity index (χ3n) is 6.42. The molecule has 1 N–H and O–H groups in total. The predicted molar refractivity (Wildman–Crippen MR) is 151 cm³/mol. The lowest BCUT2D eigenvalue weighted by Crippen LogP contribution is -2.53. The zero-order valence-electron chi connectivity index (χ0n) is 23.6. The van der Waals surface area contributed by atoms with Gasteiger partial charge in [0, 0.05) is 25.0 Å². The van der Waals surface area contributed by atoms with E-state index < -0.39 is 21.6 Å². The van der Waals surface area contributed by atoms with Crippen LogP contribution in [-0.4, -0.2) is 49.5 Å². The lowest BCUT2D eigenvalue weighted by atomic mass is 10.0. The number of carbonyl (C=O) groups excluding carboxylic acids is 2. The van der Waals surface area contributed by atoms with E-state index in [9.17, 15) is 18.0 Å². The molecule has 0 aromatic heterocycles. The van der Waals surface area contributed by atoms with Crippen molar-refractivity contribution in [2.45, 2.75) is 85.9 Å². The third-order valence-corrected chi connectivity index (χ3v) is 7.61. The minimum absolute atomic E-state index is 0.127. The second-order valence-electron chi connectivity index (χ2n) is 10.8. The van der Waals surface area contributed by atoms with Gasteiger partial charge in [0.2, 0.25) is 21.8 Å². The van der Waals surface area contributed by atoms with Crippen LogP contribution in [0.25, 0.3) is 0 Å². The fourth-order valence-corrected chi connectivity index (χ4v) is 5.19. The van der Waals surface area contributed by atoms with Crippen LogP contribution in [0.4, 0.5) is 5.69 Å². The molecular formula is C29H43N3O4S. The number of nitrogens with one attached hydrogen (secondary N) is 1. The predicted octanol–water partition coefficient (Wildman–Crippen LogP) is 4.88. The minimum atomic E-state index is -3.53. The number of nitrogens with zero attached hydrogens (tertiary/aromatic N) is 2. The van der Waals surface area contributed by atoms with Crippen LogP contribution in [0, 0.1) is 20.8 Å². The van der Waals surface area contributed by atoms with Crippen molar-refractivity contribution < 1.29 is 18.0 Å². The Labute approximate surface area is 223 Å². The van der Waals surface area contributed by atoms with Gasteiger partial charge in [-0.15, -0.1) is 0 Å². The van der Waals surface area contributed by atoms with E-state index in [0.29, 0.717) is 25.1 Å². The Morgan fingerprint density at radius 2 is 1.62 bits per heavy atom. The Bertz CT molecular complexity index is 1200. The van der Waals surface area contributed by atoms with E-state index >= 15 is 0 Å². The van der Waals surface area contributed by atoms with Crippen molar-refractivity contribution in [3.8, 4) is 0 Å². The summed E-state index contributed by atoms with van der Waals surface area (Å²) in [5.41, 5.74) is 4.27. The number of benzene rings is 2. The highest BCUT2D eigenvalue weighted by Gasteiger charge is 2.31. The standard InChI is InChI=1S/C29H43N3O4S/c1-9-26(28(34)30-29(5,6)7)31(20-24-14-11-10-13-22(24)3)27(33)15-12-18-32(37(8,35)36)25-17-16-21(2)23(4)19-25/h10-11,13-14,16-17,19,26H,9,12,15,18,20H2,1-8H3,(H,30,34)/t26-/m1/s1. The number of sulfonamides is 1.